The van der Waals surface area contributed by atoms with Crippen molar-refractivity contribution in [3.05, 3.63) is 113 Å². The number of phenolic OH excluding ortho intramolecular Hbond substituents is 1. The van der Waals surface area contributed by atoms with Crippen molar-refractivity contribution in [1.82, 2.24) is 0 Å². The highest BCUT2D eigenvalue weighted by Crippen LogP contribution is 2.35. The first kappa shape index (κ1) is 20.9. The summed E-state index contributed by atoms with van der Waals surface area (Å²) in [5.41, 5.74) is 10.2. The zero-order valence-electron chi connectivity index (χ0n) is 18.6. The van der Waals surface area contributed by atoms with Crippen LogP contribution in [0.15, 0.2) is 91.0 Å². The zero-order valence-corrected chi connectivity index (χ0v) is 18.6. The summed E-state index contributed by atoms with van der Waals surface area (Å²) >= 11 is 0. The molecule has 0 bridgehead atoms. The van der Waals surface area contributed by atoms with Crippen molar-refractivity contribution in [3.63, 3.8) is 0 Å². The second kappa shape index (κ2) is 9.22. The number of phenols is 1. The normalized spacial score (nSPS) is 11.1. The van der Waals surface area contributed by atoms with Gasteiger partial charge in [0.2, 0.25) is 0 Å². The molecule has 0 saturated heterocycles. The summed E-state index contributed by atoms with van der Waals surface area (Å²) in [4.78, 5) is 0. The number of aromatic hydroxyl groups is 1. The van der Waals surface area contributed by atoms with Crippen LogP contribution in [0.5, 0.6) is 5.75 Å². The van der Waals surface area contributed by atoms with Crippen molar-refractivity contribution in [3.8, 4) is 28.0 Å². The predicted molar refractivity (Wildman–Crippen MR) is 132 cm³/mol. The molecule has 0 aliphatic carbocycles. The molecule has 0 saturated carbocycles. The van der Waals surface area contributed by atoms with E-state index in [4.69, 9.17) is 0 Å². The van der Waals surface area contributed by atoms with E-state index in [1.54, 1.807) is 6.07 Å². The molecule has 0 aliphatic heterocycles. The summed E-state index contributed by atoms with van der Waals surface area (Å²) < 4.78 is 0. The third-order valence-corrected chi connectivity index (χ3v) is 5.94. The molecule has 0 heterocycles. The van der Waals surface area contributed by atoms with E-state index in [0.717, 1.165) is 12.8 Å². The fourth-order valence-electron chi connectivity index (χ4n) is 4.31. The molecular weight excluding hydrogens is 376 g/mol. The Morgan fingerprint density at radius 1 is 0.677 bits per heavy atom. The van der Waals surface area contributed by atoms with Crippen LogP contribution in [0.25, 0.3) is 22.3 Å². The minimum absolute atomic E-state index is 0.329. The molecule has 0 radical (unpaired) electrons. The number of rotatable bonds is 6. The summed E-state index contributed by atoms with van der Waals surface area (Å²) in [5.74, 6) is 0.677. The molecule has 0 aliphatic rings. The maximum Gasteiger partial charge on any atom is 0.115 e. The first-order valence-corrected chi connectivity index (χ1v) is 11.1. The fraction of sp³-hybridized carbons (Fsp3) is 0.200. The number of hydrogen-bond donors (Lipinski definition) is 1. The van der Waals surface area contributed by atoms with Crippen molar-refractivity contribution in [2.45, 2.75) is 39.5 Å². The van der Waals surface area contributed by atoms with Gasteiger partial charge in [0.05, 0.1) is 0 Å². The van der Waals surface area contributed by atoms with E-state index in [-0.39, 0.29) is 0 Å². The van der Waals surface area contributed by atoms with E-state index in [9.17, 15) is 5.11 Å². The van der Waals surface area contributed by atoms with Gasteiger partial charge in [-0.05, 0) is 75.4 Å². The maximum absolute atomic E-state index is 9.96. The van der Waals surface area contributed by atoms with E-state index in [2.05, 4.69) is 93.6 Å². The van der Waals surface area contributed by atoms with Gasteiger partial charge < -0.3 is 5.11 Å². The number of aryl methyl sites for hydroxylation is 1. The molecule has 156 valence electrons. The third-order valence-electron chi connectivity index (χ3n) is 5.94. The predicted octanol–water partition coefficient (Wildman–Crippen LogP) is 8.00. The Morgan fingerprint density at radius 2 is 1.39 bits per heavy atom. The molecule has 1 heteroatoms. The molecule has 4 rings (SSSR count). The van der Waals surface area contributed by atoms with E-state index in [0.29, 0.717) is 11.7 Å². The van der Waals surface area contributed by atoms with Gasteiger partial charge in [-0.2, -0.15) is 0 Å². The molecule has 0 amide bonds. The summed E-state index contributed by atoms with van der Waals surface area (Å²) in [6, 6.07) is 32.0. The van der Waals surface area contributed by atoms with Gasteiger partial charge in [0.1, 0.15) is 5.75 Å². The molecule has 4 aromatic rings. The molecule has 0 fully saturated rings. The van der Waals surface area contributed by atoms with Crippen molar-refractivity contribution in [1.29, 1.82) is 0 Å². The fourth-order valence-corrected chi connectivity index (χ4v) is 4.31. The van der Waals surface area contributed by atoms with E-state index < -0.39 is 0 Å². The van der Waals surface area contributed by atoms with Gasteiger partial charge in [-0.1, -0.05) is 99.6 Å². The lowest BCUT2D eigenvalue weighted by Crippen LogP contribution is -1.95. The number of benzene rings is 4. The summed E-state index contributed by atoms with van der Waals surface area (Å²) in [6.07, 6.45) is 1.92. The van der Waals surface area contributed by atoms with Gasteiger partial charge >= 0.3 is 0 Å². The van der Waals surface area contributed by atoms with Crippen LogP contribution in [-0.2, 0) is 12.8 Å². The molecule has 0 spiro atoms. The van der Waals surface area contributed by atoms with Crippen LogP contribution in [0.1, 0.15) is 48.9 Å². The zero-order chi connectivity index (χ0) is 21.8. The van der Waals surface area contributed by atoms with Crippen molar-refractivity contribution in [2.24, 2.45) is 0 Å². The Kier molecular flexibility index (Phi) is 6.23. The second-order valence-electron chi connectivity index (χ2n) is 8.51. The van der Waals surface area contributed by atoms with Gasteiger partial charge in [-0.15, -0.1) is 0 Å². The Bertz CT molecular complexity index is 1170. The van der Waals surface area contributed by atoms with E-state index in [1.807, 2.05) is 12.1 Å². The highest BCUT2D eigenvalue weighted by atomic mass is 16.3. The Hall–Kier alpha value is -3.32. The Labute approximate surface area is 186 Å². The molecule has 4 aromatic carbocycles. The largest absolute Gasteiger partial charge is 0.508 e. The van der Waals surface area contributed by atoms with Crippen LogP contribution in [-0.4, -0.2) is 5.11 Å². The lowest BCUT2D eigenvalue weighted by Gasteiger charge is -2.16. The topological polar surface area (TPSA) is 20.2 Å². The van der Waals surface area contributed by atoms with Crippen LogP contribution in [0, 0.1) is 0 Å². The highest BCUT2D eigenvalue weighted by Gasteiger charge is 2.12. The van der Waals surface area contributed by atoms with E-state index >= 15 is 0 Å². The third kappa shape index (κ3) is 4.72. The monoisotopic (exact) mass is 406 g/mol. The van der Waals surface area contributed by atoms with Crippen molar-refractivity contribution in [2.75, 3.05) is 0 Å². The smallest absolute Gasteiger partial charge is 0.115 e. The SMILES string of the molecule is CCc1cc(-c2ccc(O)cc2C(C)C)ccc1-c1cccc(Cc2ccccc2)c1. The lowest BCUT2D eigenvalue weighted by molar-refractivity contribution is 0.474. The van der Waals surface area contributed by atoms with Gasteiger partial charge in [0.25, 0.3) is 0 Å². The second-order valence-corrected chi connectivity index (χ2v) is 8.51. The van der Waals surface area contributed by atoms with E-state index in [1.165, 1.54) is 44.5 Å². The van der Waals surface area contributed by atoms with Gasteiger partial charge in [-0.3, -0.25) is 0 Å². The minimum atomic E-state index is 0.329. The highest BCUT2D eigenvalue weighted by molar-refractivity contribution is 5.76. The van der Waals surface area contributed by atoms with Crippen molar-refractivity contribution >= 4 is 0 Å². The van der Waals surface area contributed by atoms with Crippen LogP contribution in [0.2, 0.25) is 0 Å². The van der Waals surface area contributed by atoms with Gasteiger partial charge in [0.15, 0.2) is 0 Å². The quantitative estimate of drug-likeness (QED) is 0.344. The molecular formula is C30H30O. The summed E-state index contributed by atoms with van der Waals surface area (Å²) in [5, 5.41) is 9.96. The molecule has 0 unspecified atom stereocenters. The molecule has 31 heavy (non-hydrogen) atoms. The Balaban J connectivity index is 1.71. The lowest BCUT2D eigenvalue weighted by atomic mass is 9.88. The van der Waals surface area contributed by atoms with Crippen LogP contribution in [0.4, 0.5) is 0 Å². The summed E-state index contributed by atoms with van der Waals surface area (Å²) in [6.45, 7) is 6.56. The molecule has 1 N–H and O–H groups in total. The first-order chi connectivity index (χ1) is 15.0. The molecule has 1 nitrogen and oxygen atoms in total. The molecule has 0 aromatic heterocycles. The summed E-state index contributed by atoms with van der Waals surface area (Å²) in [7, 11) is 0. The first-order valence-electron chi connectivity index (χ1n) is 11.1. The average molecular weight is 407 g/mol. The minimum Gasteiger partial charge on any atom is -0.508 e. The van der Waals surface area contributed by atoms with Crippen molar-refractivity contribution < 1.29 is 5.11 Å². The Morgan fingerprint density at radius 3 is 2.13 bits per heavy atom. The number of hydrogen-bond acceptors (Lipinski definition) is 1. The maximum atomic E-state index is 9.96. The van der Waals surface area contributed by atoms with Crippen LogP contribution in [0.3, 0.4) is 0 Å². The van der Waals surface area contributed by atoms with Crippen LogP contribution >= 0.6 is 0 Å². The van der Waals surface area contributed by atoms with Gasteiger partial charge in [-0.25, -0.2) is 0 Å². The average Bonchev–Trinajstić information content (AvgIpc) is 2.79. The van der Waals surface area contributed by atoms with Crippen LogP contribution < -0.4 is 0 Å². The van der Waals surface area contributed by atoms with Gasteiger partial charge in [0, 0.05) is 0 Å². The molecule has 0 atom stereocenters. The standard InChI is InChI=1S/C30H30O/c1-4-24-19-26(29-16-14-27(31)20-30(29)21(2)3)13-15-28(24)25-12-8-11-23(18-25)17-22-9-6-5-7-10-22/h5-16,18-21,31H,4,17H2,1-3H3.